The zero-order valence-electron chi connectivity index (χ0n) is 11.9. The van der Waals surface area contributed by atoms with Crippen molar-refractivity contribution in [1.82, 2.24) is 20.1 Å². The predicted molar refractivity (Wildman–Crippen MR) is 74.4 cm³/mol. The summed E-state index contributed by atoms with van der Waals surface area (Å²) < 4.78 is 6.85. The number of carbonyl (C=O) groups is 1. The van der Waals surface area contributed by atoms with Gasteiger partial charge in [0.25, 0.3) is 5.91 Å². The van der Waals surface area contributed by atoms with Crippen LogP contribution in [0.4, 0.5) is 0 Å². The largest absolute Gasteiger partial charge is 0.496 e. The van der Waals surface area contributed by atoms with Gasteiger partial charge in [0, 0.05) is 12.1 Å². The molecule has 1 aromatic carbocycles. The number of hydroxylamine groups is 2. The van der Waals surface area contributed by atoms with E-state index in [-0.39, 0.29) is 12.5 Å². The van der Waals surface area contributed by atoms with Crippen molar-refractivity contribution in [3.8, 4) is 17.0 Å². The average molecular weight is 288 g/mol. The number of aromatic nitrogens is 3. The van der Waals surface area contributed by atoms with Crippen molar-refractivity contribution in [3.63, 3.8) is 0 Å². The molecule has 0 aliphatic carbocycles. The average Bonchev–Trinajstić information content (AvgIpc) is 3.13. The first-order valence-electron chi connectivity index (χ1n) is 6.74. The SMILES string of the molecule is CCN1OCC(n2cc(-c3ccccc3OC)nn2)C1=O. The van der Waals surface area contributed by atoms with Crippen molar-refractivity contribution >= 4 is 5.91 Å². The number of likely N-dealkylation sites (N-methyl/N-ethyl adjacent to an activating group) is 1. The molecule has 21 heavy (non-hydrogen) atoms. The molecule has 0 N–H and O–H groups in total. The van der Waals surface area contributed by atoms with E-state index in [0.29, 0.717) is 18.0 Å². The van der Waals surface area contributed by atoms with Crippen LogP contribution >= 0.6 is 0 Å². The second kappa shape index (κ2) is 5.53. The third-order valence-corrected chi connectivity index (χ3v) is 3.42. The maximum absolute atomic E-state index is 12.1. The summed E-state index contributed by atoms with van der Waals surface area (Å²) in [6.45, 7) is 2.66. The number of ether oxygens (including phenoxy) is 1. The Kier molecular flexibility index (Phi) is 3.57. The molecule has 1 saturated heterocycles. The van der Waals surface area contributed by atoms with Gasteiger partial charge in [-0.25, -0.2) is 9.75 Å². The Morgan fingerprint density at radius 3 is 2.95 bits per heavy atom. The highest BCUT2D eigenvalue weighted by Crippen LogP contribution is 2.28. The van der Waals surface area contributed by atoms with E-state index in [1.807, 2.05) is 31.2 Å². The summed E-state index contributed by atoms with van der Waals surface area (Å²) in [5, 5.41) is 9.53. The van der Waals surface area contributed by atoms with Crippen LogP contribution in [0.15, 0.2) is 30.5 Å². The van der Waals surface area contributed by atoms with Gasteiger partial charge in [-0.3, -0.25) is 9.63 Å². The van der Waals surface area contributed by atoms with Gasteiger partial charge < -0.3 is 4.74 Å². The van der Waals surface area contributed by atoms with Gasteiger partial charge in [0.1, 0.15) is 18.1 Å². The minimum Gasteiger partial charge on any atom is -0.496 e. The maximum Gasteiger partial charge on any atom is 0.273 e. The number of benzene rings is 1. The normalized spacial score (nSPS) is 18.3. The van der Waals surface area contributed by atoms with E-state index in [9.17, 15) is 4.79 Å². The molecule has 7 heteroatoms. The van der Waals surface area contributed by atoms with Crippen LogP contribution in [0.2, 0.25) is 0 Å². The lowest BCUT2D eigenvalue weighted by Crippen LogP contribution is -2.27. The lowest BCUT2D eigenvalue weighted by Gasteiger charge is -2.10. The molecule has 1 aromatic heterocycles. The number of hydrogen-bond donors (Lipinski definition) is 0. The van der Waals surface area contributed by atoms with E-state index in [1.165, 1.54) is 5.06 Å². The lowest BCUT2D eigenvalue weighted by molar-refractivity contribution is -0.160. The summed E-state index contributed by atoms with van der Waals surface area (Å²) in [7, 11) is 1.61. The third kappa shape index (κ3) is 2.36. The molecule has 2 aromatic rings. The minimum atomic E-state index is -0.457. The Labute approximate surface area is 122 Å². The summed E-state index contributed by atoms with van der Waals surface area (Å²) in [6, 6.07) is 7.09. The fourth-order valence-electron chi connectivity index (χ4n) is 2.31. The van der Waals surface area contributed by atoms with Crippen molar-refractivity contribution in [2.45, 2.75) is 13.0 Å². The van der Waals surface area contributed by atoms with E-state index in [0.717, 1.165) is 5.56 Å². The van der Waals surface area contributed by atoms with Gasteiger partial charge in [0.05, 0.1) is 13.3 Å². The number of methoxy groups -OCH3 is 1. The Bertz CT molecular complexity index is 655. The van der Waals surface area contributed by atoms with E-state index < -0.39 is 6.04 Å². The zero-order chi connectivity index (χ0) is 14.8. The highest BCUT2D eigenvalue weighted by Gasteiger charge is 2.34. The lowest BCUT2D eigenvalue weighted by atomic mass is 10.1. The number of carbonyl (C=O) groups excluding carboxylic acids is 1. The number of rotatable bonds is 4. The van der Waals surface area contributed by atoms with Crippen LogP contribution in [0.3, 0.4) is 0 Å². The molecule has 110 valence electrons. The van der Waals surface area contributed by atoms with Crippen LogP contribution in [0, 0.1) is 0 Å². The van der Waals surface area contributed by atoms with Gasteiger partial charge in [0.2, 0.25) is 0 Å². The summed E-state index contributed by atoms with van der Waals surface area (Å²) in [4.78, 5) is 17.4. The van der Waals surface area contributed by atoms with Crippen LogP contribution in [0.5, 0.6) is 5.75 Å². The molecule has 1 unspecified atom stereocenters. The van der Waals surface area contributed by atoms with Gasteiger partial charge in [-0.15, -0.1) is 5.10 Å². The second-order valence-corrected chi connectivity index (χ2v) is 4.63. The van der Waals surface area contributed by atoms with Crippen molar-refractivity contribution in [1.29, 1.82) is 0 Å². The second-order valence-electron chi connectivity index (χ2n) is 4.63. The van der Waals surface area contributed by atoms with Gasteiger partial charge in [0.15, 0.2) is 6.04 Å². The minimum absolute atomic E-state index is 0.103. The van der Waals surface area contributed by atoms with Crippen LogP contribution in [0.1, 0.15) is 13.0 Å². The van der Waals surface area contributed by atoms with E-state index in [4.69, 9.17) is 9.57 Å². The first-order chi connectivity index (χ1) is 10.2. The molecule has 0 radical (unpaired) electrons. The highest BCUT2D eigenvalue weighted by molar-refractivity contribution is 5.81. The quantitative estimate of drug-likeness (QED) is 0.848. The van der Waals surface area contributed by atoms with Gasteiger partial charge in [-0.2, -0.15) is 0 Å². The van der Waals surface area contributed by atoms with E-state index in [1.54, 1.807) is 18.0 Å². The van der Waals surface area contributed by atoms with Gasteiger partial charge in [-0.05, 0) is 19.1 Å². The van der Waals surface area contributed by atoms with Crippen molar-refractivity contribution in [3.05, 3.63) is 30.5 Å². The summed E-state index contributed by atoms with van der Waals surface area (Å²) in [5.41, 5.74) is 1.50. The maximum atomic E-state index is 12.1. The summed E-state index contributed by atoms with van der Waals surface area (Å²) in [6.07, 6.45) is 1.74. The number of amides is 1. The van der Waals surface area contributed by atoms with E-state index >= 15 is 0 Å². The summed E-state index contributed by atoms with van der Waals surface area (Å²) >= 11 is 0. The molecule has 1 atom stereocenters. The molecule has 3 rings (SSSR count). The Morgan fingerprint density at radius 1 is 1.43 bits per heavy atom. The number of para-hydroxylation sites is 1. The highest BCUT2D eigenvalue weighted by atomic mass is 16.7. The Morgan fingerprint density at radius 2 is 2.24 bits per heavy atom. The van der Waals surface area contributed by atoms with Crippen LogP contribution in [0.25, 0.3) is 11.3 Å². The van der Waals surface area contributed by atoms with Gasteiger partial charge >= 0.3 is 0 Å². The zero-order valence-corrected chi connectivity index (χ0v) is 11.9. The Hall–Kier alpha value is -2.41. The molecular formula is C14H16N4O3. The monoisotopic (exact) mass is 288 g/mol. The van der Waals surface area contributed by atoms with Gasteiger partial charge in [-0.1, -0.05) is 17.3 Å². The molecule has 0 bridgehead atoms. The molecule has 7 nitrogen and oxygen atoms in total. The summed E-state index contributed by atoms with van der Waals surface area (Å²) in [5.74, 6) is 0.614. The molecule has 1 aliphatic heterocycles. The van der Waals surface area contributed by atoms with Crippen LogP contribution < -0.4 is 4.74 Å². The first-order valence-corrected chi connectivity index (χ1v) is 6.74. The molecule has 0 saturated carbocycles. The topological polar surface area (TPSA) is 69.5 Å². The smallest absolute Gasteiger partial charge is 0.273 e. The molecule has 1 amide bonds. The molecular weight excluding hydrogens is 272 g/mol. The molecule has 0 spiro atoms. The van der Waals surface area contributed by atoms with Crippen LogP contribution in [-0.2, 0) is 9.63 Å². The van der Waals surface area contributed by atoms with Crippen molar-refractivity contribution < 1.29 is 14.4 Å². The van der Waals surface area contributed by atoms with E-state index in [2.05, 4.69) is 10.3 Å². The molecule has 1 fully saturated rings. The third-order valence-electron chi connectivity index (χ3n) is 3.42. The molecule has 2 heterocycles. The Balaban J connectivity index is 1.89. The first kappa shape index (κ1) is 13.6. The van der Waals surface area contributed by atoms with Crippen molar-refractivity contribution in [2.24, 2.45) is 0 Å². The number of hydrogen-bond acceptors (Lipinski definition) is 5. The number of nitrogens with zero attached hydrogens (tertiary/aromatic N) is 4. The molecule has 1 aliphatic rings. The fourth-order valence-corrected chi connectivity index (χ4v) is 2.31. The standard InChI is InChI=1S/C14H16N4O3/c1-3-18-14(19)12(9-21-18)17-8-11(15-16-17)10-6-4-5-7-13(10)20-2/h4-8,12H,3,9H2,1-2H3. The fraction of sp³-hybridized carbons (Fsp3) is 0.357. The predicted octanol–water partition coefficient (Wildman–Crippen LogP) is 1.29. The van der Waals surface area contributed by atoms with Crippen molar-refractivity contribution in [2.75, 3.05) is 20.3 Å². The van der Waals surface area contributed by atoms with Crippen LogP contribution in [-0.4, -0.2) is 46.2 Å².